The average molecular weight is 439 g/mol. The molecule has 0 unspecified atom stereocenters. The van der Waals surface area contributed by atoms with Gasteiger partial charge in [0, 0.05) is 37.2 Å². The Morgan fingerprint density at radius 1 is 1.10 bits per heavy atom. The van der Waals surface area contributed by atoms with Crippen LogP contribution in [-0.2, 0) is 20.7 Å². The Bertz CT molecular complexity index is 1060. The van der Waals surface area contributed by atoms with Crippen molar-refractivity contribution in [2.75, 3.05) is 49.5 Å². The number of hydrogen-bond donors (Lipinski definition) is 1. The quantitative estimate of drug-likeness (QED) is 0.571. The standard InChI is InChI=1S/C23H26N4O3S/c1-2-30-22(29)14-19-16-31-23(24-19)25-21(28)15-26-9-11-27(12-10-26)20-8-7-17-5-3-4-6-18(17)13-20/h3-8,13,16H,2,9-12,14-15H2,1H3,(H,24,25,28). The molecule has 0 atom stereocenters. The monoisotopic (exact) mass is 438 g/mol. The Kier molecular flexibility index (Phi) is 6.79. The minimum absolute atomic E-state index is 0.0869. The summed E-state index contributed by atoms with van der Waals surface area (Å²) in [5.41, 5.74) is 1.84. The molecular weight excluding hydrogens is 412 g/mol. The van der Waals surface area contributed by atoms with E-state index in [4.69, 9.17) is 4.74 Å². The maximum Gasteiger partial charge on any atom is 0.311 e. The smallest absolute Gasteiger partial charge is 0.311 e. The highest BCUT2D eigenvalue weighted by Gasteiger charge is 2.20. The van der Waals surface area contributed by atoms with Crippen molar-refractivity contribution in [2.45, 2.75) is 13.3 Å². The number of carbonyl (C=O) groups is 2. The Balaban J connectivity index is 1.25. The third kappa shape index (κ3) is 5.59. The van der Waals surface area contributed by atoms with Crippen molar-refractivity contribution in [1.29, 1.82) is 0 Å². The van der Waals surface area contributed by atoms with E-state index in [1.54, 1.807) is 12.3 Å². The number of fused-ring (bicyclic) bond motifs is 1. The number of rotatable bonds is 7. The van der Waals surface area contributed by atoms with Crippen LogP contribution in [-0.4, -0.2) is 61.1 Å². The summed E-state index contributed by atoms with van der Waals surface area (Å²) in [6.07, 6.45) is 0.122. The number of thiazole rings is 1. The second kappa shape index (κ2) is 9.89. The molecule has 2 aromatic carbocycles. The third-order valence-electron chi connectivity index (χ3n) is 5.27. The number of carbonyl (C=O) groups excluding carboxylic acids is 2. The number of anilines is 2. The van der Waals surface area contributed by atoms with Gasteiger partial charge >= 0.3 is 5.97 Å². The van der Waals surface area contributed by atoms with Crippen LogP contribution in [0.2, 0.25) is 0 Å². The van der Waals surface area contributed by atoms with Gasteiger partial charge in [-0.1, -0.05) is 30.3 Å². The molecule has 1 fully saturated rings. The number of hydrogen-bond acceptors (Lipinski definition) is 7. The van der Waals surface area contributed by atoms with E-state index in [0.29, 0.717) is 24.0 Å². The van der Waals surface area contributed by atoms with Gasteiger partial charge in [0.05, 0.1) is 25.3 Å². The fourth-order valence-electron chi connectivity index (χ4n) is 3.70. The zero-order valence-corrected chi connectivity index (χ0v) is 18.4. The van der Waals surface area contributed by atoms with Crippen LogP contribution in [0.25, 0.3) is 10.8 Å². The van der Waals surface area contributed by atoms with Crippen molar-refractivity contribution in [3.63, 3.8) is 0 Å². The molecule has 1 N–H and O–H groups in total. The molecule has 1 amide bonds. The molecule has 0 spiro atoms. The van der Waals surface area contributed by atoms with Crippen LogP contribution >= 0.6 is 11.3 Å². The number of nitrogens with one attached hydrogen (secondary N) is 1. The first-order valence-corrected chi connectivity index (χ1v) is 11.3. The van der Waals surface area contributed by atoms with E-state index in [9.17, 15) is 9.59 Å². The molecule has 31 heavy (non-hydrogen) atoms. The highest BCUT2D eigenvalue weighted by atomic mass is 32.1. The maximum absolute atomic E-state index is 12.4. The van der Waals surface area contributed by atoms with E-state index in [1.807, 2.05) is 0 Å². The van der Waals surface area contributed by atoms with Gasteiger partial charge < -0.3 is 15.0 Å². The van der Waals surface area contributed by atoms with Gasteiger partial charge in [0.2, 0.25) is 5.91 Å². The molecule has 1 aliphatic heterocycles. The molecule has 0 radical (unpaired) electrons. The zero-order valence-electron chi connectivity index (χ0n) is 17.5. The van der Waals surface area contributed by atoms with Crippen molar-refractivity contribution in [3.05, 3.63) is 53.5 Å². The van der Waals surface area contributed by atoms with Crippen molar-refractivity contribution >= 4 is 44.8 Å². The topological polar surface area (TPSA) is 74.8 Å². The summed E-state index contributed by atoms with van der Waals surface area (Å²) in [7, 11) is 0. The van der Waals surface area contributed by atoms with E-state index in [0.717, 1.165) is 26.2 Å². The predicted octanol–water partition coefficient (Wildman–Crippen LogP) is 3.16. The van der Waals surface area contributed by atoms with Gasteiger partial charge in [0.15, 0.2) is 5.13 Å². The van der Waals surface area contributed by atoms with E-state index < -0.39 is 0 Å². The van der Waals surface area contributed by atoms with Crippen LogP contribution in [0.1, 0.15) is 12.6 Å². The summed E-state index contributed by atoms with van der Waals surface area (Å²) in [5.74, 6) is -0.397. The first-order valence-electron chi connectivity index (χ1n) is 10.5. The molecule has 1 aromatic heterocycles. The summed E-state index contributed by atoms with van der Waals surface area (Å²) < 4.78 is 4.93. The van der Waals surface area contributed by atoms with E-state index in [2.05, 4.69) is 62.6 Å². The van der Waals surface area contributed by atoms with Gasteiger partial charge in [0.25, 0.3) is 0 Å². The number of amides is 1. The van der Waals surface area contributed by atoms with Crippen LogP contribution in [0.5, 0.6) is 0 Å². The molecular formula is C23H26N4O3S. The molecule has 2 heterocycles. The van der Waals surface area contributed by atoms with Crippen molar-refractivity contribution in [1.82, 2.24) is 9.88 Å². The number of aromatic nitrogens is 1. The lowest BCUT2D eigenvalue weighted by molar-refractivity contribution is -0.142. The first kappa shape index (κ1) is 21.3. The van der Waals surface area contributed by atoms with Crippen molar-refractivity contribution in [3.8, 4) is 0 Å². The highest BCUT2D eigenvalue weighted by molar-refractivity contribution is 7.13. The molecule has 1 saturated heterocycles. The van der Waals surface area contributed by atoms with Crippen LogP contribution in [0.15, 0.2) is 47.8 Å². The van der Waals surface area contributed by atoms with Crippen LogP contribution in [0.4, 0.5) is 10.8 Å². The van der Waals surface area contributed by atoms with Gasteiger partial charge in [-0.05, 0) is 29.8 Å². The van der Waals surface area contributed by atoms with Crippen LogP contribution < -0.4 is 10.2 Å². The number of ether oxygens (including phenoxy) is 1. The molecule has 7 nitrogen and oxygen atoms in total. The normalized spacial score (nSPS) is 14.5. The predicted molar refractivity (Wildman–Crippen MR) is 124 cm³/mol. The Hall–Kier alpha value is -2.97. The second-order valence-electron chi connectivity index (χ2n) is 7.47. The number of nitrogens with zero attached hydrogens (tertiary/aromatic N) is 3. The number of benzene rings is 2. The minimum atomic E-state index is -0.310. The van der Waals surface area contributed by atoms with Gasteiger partial charge in [0.1, 0.15) is 0 Å². The lowest BCUT2D eigenvalue weighted by Gasteiger charge is -2.35. The molecule has 8 heteroatoms. The summed E-state index contributed by atoms with van der Waals surface area (Å²) >= 11 is 1.32. The molecule has 0 saturated carbocycles. The lowest BCUT2D eigenvalue weighted by atomic mass is 10.1. The van der Waals surface area contributed by atoms with Crippen molar-refractivity contribution < 1.29 is 14.3 Å². The third-order valence-corrected chi connectivity index (χ3v) is 6.07. The van der Waals surface area contributed by atoms with E-state index in [1.165, 1.54) is 27.8 Å². The molecule has 4 rings (SSSR count). The first-order chi connectivity index (χ1) is 15.1. The molecule has 3 aromatic rings. The summed E-state index contributed by atoms with van der Waals surface area (Å²) in [4.78, 5) is 32.8. The molecule has 1 aliphatic rings. The van der Waals surface area contributed by atoms with Gasteiger partial charge in [-0.2, -0.15) is 0 Å². The molecule has 162 valence electrons. The van der Waals surface area contributed by atoms with Gasteiger partial charge in [-0.15, -0.1) is 11.3 Å². The number of piperazine rings is 1. The van der Waals surface area contributed by atoms with Gasteiger partial charge in [-0.25, -0.2) is 4.98 Å². The summed E-state index contributed by atoms with van der Waals surface area (Å²) in [5, 5.41) is 7.61. The largest absolute Gasteiger partial charge is 0.466 e. The minimum Gasteiger partial charge on any atom is -0.466 e. The van der Waals surface area contributed by atoms with Crippen LogP contribution in [0.3, 0.4) is 0 Å². The van der Waals surface area contributed by atoms with E-state index >= 15 is 0 Å². The SMILES string of the molecule is CCOC(=O)Cc1csc(NC(=O)CN2CCN(c3ccc4ccccc4c3)CC2)n1. The Morgan fingerprint density at radius 3 is 2.65 bits per heavy atom. The highest BCUT2D eigenvalue weighted by Crippen LogP contribution is 2.23. The molecule has 0 aliphatic carbocycles. The lowest BCUT2D eigenvalue weighted by Crippen LogP contribution is -2.48. The van der Waals surface area contributed by atoms with Crippen LogP contribution in [0, 0.1) is 0 Å². The maximum atomic E-state index is 12.4. The summed E-state index contributed by atoms with van der Waals surface area (Å²) in [6, 6.07) is 14.9. The fraction of sp³-hybridized carbons (Fsp3) is 0.348. The number of esters is 1. The van der Waals surface area contributed by atoms with E-state index in [-0.39, 0.29) is 18.3 Å². The summed E-state index contributed by atoms with van der Waals surface area (Å²) in [6.45, 7) is 5.86. The van der Waals surface area contributed by atoms with Crippen molar-refractivity contribution in [2.24, 2.45) is 0 Å². The molecule has 0 bridgehead atoms. The van der Waals surface area contributed by atoms with Gasteiger partial charge in [-0.3, -0.25) is 14.5 Å². The fourth-order valence-corrected chi connectivity index (χ4v) is 4.43. The zero-order chi connectivity index (χ0) is 21.6. The average Bonchev–Trinajstić information content (AvgIpc) is 3.20. The second-order valence-corrected chi connectivity index (χ2v) is 8.33. The Morgan fingerprint density at radius 2 is 1.87 bits per heavy atom. The Labute approximate surface area is 185 Å².